The third-order valence-corrected chi connectivity index (χ3v) is 2.88. The molecule has 0 spiro atoms. The Kier molecular flexibility index (Phi) is 4.67. The van der Waals surface area contributed by atoms with Crippen LogP contribution in [-0.2, 0) is 4.57 Å². The largest absolute Gasteiger partial charge is 0.341 e. The third kappa shape index (κ3) is 4.78. The van der Waals surface area contributed by atoms with Gasteiger partial charge in [-0.3, -0.25) is 4.57 Å². The maximum Gasteiger partial charge on any atom is 0.222 e. The van der Waals surface area contributed by atoms with Crippen molar-refractivity contribution in [2.45, 2.75) is 26.7 Å². The van der Waals surface area contributed by atoms with Crippen LogP contribution in [0.5, 0.6) is 0 Å². The Hall–Kier alpha value is -0.0700. The molecule has 0 heterocycles. The Morgan fingerprint density at radius 2 is 2.10 bits per heavy atom. The van der Waals surface area contributed by atoms with Crippen LogP contribution in [-0.4, -0.2) is 11.1 Å². The van der Waals surface area contributed by atoms with E-state index in [4.69, 9.17) is 4.89 Å². The summed E-state index contributed by atoms with van der Waals surface area (Å²) >= 11 is 0. The summed E-state index contributed by atoms with van der Waals surface area (Å²) in [4.78, 5) is 9.11. The van der Waals surface area contributed by atoms with Gasteiger partial charge in [-0.2, -0.15) is 0 Å². The summed E-state index contributed by atoms with van der Waals surface area (Å²) in [5.41, 5.74) is 0. The van der Waals surface area contributed by atoms with Crippen LogP contribution in [0.2, 0.25) is 0 Å². The van der Waals surface area contributed by atoms with Crippen molar-refractivity contribution in [3.63, 3.8) is 0 Å². The summed E-state index contributed by atoms with van der Waals surface area (Å²) in [6.07, 6.45) is 3.75. The van der Waals surface area contributed by atoms with E-state index in [9.17, 15) is 4.57 Å². The highest BCUT2D eigenvalue weighted by Gasteiger charge is 2.09. The van der Waals surface area contributed by atoms with Gasteiger partial charge in [0, 0.05) is 6.16 Å². The lowest BCUT2D eigenvalue weighted by atomic mass is 10.5. The summed E-state index contributed by atoms with van der Waals surface area (Å²) < 4.78 is 11.0. The standard InChI is InChI=1S/C7H15O2P/c1-3-5-7-10(8,9)6-4-2/h5,7H,3-4,6H2,1-2H3,(H,8,9). The average Bonchev–Trinajstić information content (AvgIpc) is 1.84. The Morgan fingerprint density at radius 1 is 1.50 bits per heavy atom. The third-order valence-electron chi connectivity index (χ3n) is 1.12. The van der Waals surface area contributed by atoms with E-state index in [1.54, 1.807) is 6.08 Å². The molecule has 2 nitrogen and oxygen atoms in total. The van der Waals surface area contributed by atoms with E-state index >= 15 is 0 Å². The summed E-state index contributed by atoms with van der Waals surface area (Å²) in [7, 11) is -2.89. The van der Waals surface area contributed by atoms with Gasteiger partial charge in [0.2, 0.25) is 7.37 Å². The molecular weight excluding hydrogens is 147 g/mol. The minimum absolute atomic E-state index is 0.406. The zero-order chi connectivity index (χ0) is 8.04. The lowest BCUT2D eigenvalue weighted by Crippen LogP contribution is -1.81. The van der Waals surface area contributed by atoms with Crippen LogP contribution in [0.25, 0.3) is 0 Å². The van der Waals surface area contributed by atoms with Gasteiger partial charge in [-0.05, 0) is 18.7 Å². The van der Waals surface area contributed by atoms with Crippen LogP contribution < -0.4 is 0 Å². The molecule has 1 N–H and O–H groups in total. The van der Waals surface area contributed by atoms with E-state index in [1.807, 2.05) is 13.8 Å². The molecule has 0 aromatic rings. The molecule has 1 unspecified atom stereocenters. The molecule has 1 atom stereocenters. The van der Waals surface area contributed by atoms with Gasteiger partial charge in [0.15, 0.2) is 0 Å². The monoisotopic (exact) mass is 162 g/mol. The Bertz CT molecular complexity index is 152. The first-order valence-electron chi connectivity index (χ1n) is 3.61. The summed E-state index contributed by atoms with van der Waals surface area (Å²) in [6.45, 7) is 3.85. The predicted octanol–water partition coefficient (Wildman–Crippen LogP) is 2.59. The first-order valence-corrected chi connectivity index (χ1v) is 5.53. The first kappa shape index (κ1) is 9.93. The van der Waals surface area contributed by atoms with Crippen molar-refractivity contribution in [2.24, 2.45) is 0 Å². The normalized spacial score (nSPS) is 17.5. The number of rotatable bonds is 4. The van der Waals surface area contributed by atoms with E-state index in [2.05, 4.69) is 0 Å². The smallest absolute Gasteiger partial charge is 0.222 e. The lowest BCUT2D eigenvalue weighted by molar-refractivity contribution is 0.488. The highest BCUT2D eigenvalue weighted by Crippen LogP contribution is 2.42. The van der Waals surface area contributed by atoms with Gasteiger partial charge < -0.3 is 4.89 Å². The summed E-state index contributed by atoms with van der Waals surface area (Å²) in [6, 6.07) is 0. The van der Waals surface area contributed by atoms with Crippen LogP contribution in [0, 0.1) is 0 Å². The zero-order valence-corrected chi connectivity index (χ0v) is 7.47. The molecule has 0 aliphatic heterocycles. The molecule has 3 heteroatoms. The van der Waals surface area contributed by atoms with Crippen LogP contribution in [0.15, 0.2) is 11.9 Å². The molecule has 10 heavy (non-hydrogen) atoms. The maximum absolute atomic E-state index is 11.0. The molecule has 0 aliphatic carbocycles. The molecule has 0 aromatic heterocycles. The van der Waals surface area contributed by atoms with Gasteiger partial charge >= 0.3 is 0 Å². The van der Waals surface area contributed by atoms with Crippen molar-refractivity contribution in [3.05, 3.63) is 11.9 Å². The molecule has 0 aliphatic rings. The molecule has 0 fully saturated rings. The molecule has 0 saturated carbocycles. The van der Waals surface area contributed by atoms with E-state index < -0.39 is 7.37 Å². The fourth-order valence-corrected chi connectivity index (χ4v) is 2.00. The predicted molar refractivity (Wildman–Crippen MR) is 44.4 cm³/mol. The number of hydrogen-bond donors (Lipinski definition) is 1. The molecule has 60 valence electrons. The van der Waals surface area contributed by atoms with Crippen molar-refractivity contribution < 1.29 is 9.46 Å². The highest BCUT2D eigenvalue weighted by molar-refractivity contribution is 7.61. The Balaban J connectivity index is 3.86. The van der Waals surface area contributed by atoms with Crippen molar-refractivity contribution in [1.29, 1.82) is 0 Å². The molecule has 0 saturated heterocycles. The maximum atomic E-state index is 11.0. The topological polar surface area (TPSA) is 37.3 Å². The van der Waals surface area contributed by atoms with Crippen molar-refractivity contribution >= 4 is 7.37 Å². The van der Waals surface area contributed by atoms with Gasteiger partial charge in [-0.1, -0.05) is 19.9 Å². The molecular formula is C7H15O2P. The average molecular weight is 162 g/mol. The second-order valence-electron chi connectivity index (χ2n) is 2.27. The van der Waals surface area contributed by atoms with Crippen LogP contribution in [0.1, 0.15) is 26.7 Å². The summed E-state index contributed by atoms with van der Waals surface area (Å²) in [5.74, 6) is 1.44. The zero-order valence-electron chi connectivity index (χ0n) is 6.58. The second kappa shape index (κ2) is 4.70. The van der Waals surface area contributed by atoms with Gasteiger partial charge in [0.05, 0.1) is 0 Å². The van der Waals surface area contributed by atoms with E-state index in [-0.39, 0.29) is 0 Å². The van der Waals surface area contributed by atoms with Crippen LogP contribution in [0.3, 0.4) is 0 Å². The Morgan fingerprint density at radius 3 is 2.50 bits per heavy atom. The van der Waals surface area contributed by atoms with E-state index in [0.717, 1.165) is 12.8 Å². The minimum atomic E-state index is -2.89. The fourth-order valence-electron chi connectivity index (χ4n) is 0.665. The van der Waals surface area contributed by atoms with Crippen LogP contribution >= 0.6 is 7.37 Å². The summed E-state index contributed by atoms with van der Waals surface area (Å²) in [5, 5.41) is 0. The molecule has 0 bridgehead atoms. The van der Waals surface area contributed by atoms with E-state index in [1.165, 1.54) is 5.82 Å². The van der Waals surface area contributed by atoms with Gasteiger partial charge in [-0.25, -0.2) is 0 Å². The van der Waals surface area contributed by atoms with Gasteiger partial charge in [0.25, 0.3) is 0 Å². The number of hydrogen-bond acceptors (Lipinski definition) is 1. The lowest BCUT2D eigenvalue weighted by Gasteiger charge is -2.02. The SMILES string of the molecule is CCC=CP(=O)(O)CCC. The molecule has 0 rings (SSSR count). The highest BCUT2D eigenvalue weighted by atomic mass is 31.2. The van der Waals surface area contributed by atoms with Gasteiger partial charge in [0.1, 0.15) is 0 Å². The molecule has 0 radical (unpaired) electrons. The van der Waals surface area contributed by atoms with Crippen molar-refractivity contribution in [1.82, 2.24) is 0 Å². The second-order valence-corrected chi connectivity index (χ2v) is 4.53. The Labute approximate surface area is 62.4 Å². The van der Waals surface area contributed by atoms with Crippen LogP contribution in [0.4, 0.5) is 0 Å². The van der Waals surface area contributed by atoms with Crippen molar-refractivity contribution in [3.8, 4) is 0 Å². The molecule has 0 aromatic carbocycles. The fraction of sp³-hybridized carbons (Fsp3) is 0.714. The van der Waals surface area contributed by atoms with Gasteiger partial charge in [-0.15, -0.1) is 0 Å². The quantitative estimate of drug-likeness (QED) is 0.645. The molecule has 0 amide bonds. The first-order chi connectivity index (χ1) is 4.62. The number of allylic oxidation sites excluding steroid dienone is 1. The minimum Gasteiger partial charge on any atom is -0.341 e. The van der Waals surface area contributed by atoms with Crippen molar-refractivity contribution in [2.75, 3.05) is 6.16 Å². The van der Waals surface area contributed by atoms with E-state index in [0.29, 0.717) is 6.16 Å².